The summed E-state index contributed by atoms with van der Waals surface area (Å²) in [5.74, 6) is 0. The Bertz CT molecular complexity index is 667. The number of hydrogen-bond donors (Lipinski definition) is 2. The highest BCUT2D eigenvalue weighted by Crippen LogP contribution is 2.26. The van der Waals surface area contributed by atoms with Gasteiger partial charge in [-0.2, -0.15) is 0 Å². The van der Waals surface area contributed by atoms with Crippen molar-refractivity contribution in [2.24, 2.45) is 0 Å². The number of aryl methyl sites for hydroxylation is 1. The van der Waals surface area contributed by atoms with Crippen LogP contribution in [0.15, 0.2) is 54.7 Å². The van der Waals surface area contributed by atoms with Crippen LogP contribution in [0.1, 0.15) is 12.5 Å². The Labute approximate surface area is 107 Å². The maximum Gasteiger partial charge on any atom is 0.0479 e. The number of H-pyrrole nitrogens is 1. The standard InChI is InChI=1S/C16H16N2/c1-2-12-5-3-6-13(11-12)18-16-8-4-7-15-14(16)9-10-17-15/h3-11,17-18H,2H2,1H3. The molecule has 3 rings (SSSR count). The van der Waals surface area contributed by atoms with Gasteiger partial charge in [-0.05, 0) is 42.3 Å². The van der Waals surface area contributed by atoms with E-state index in [1.54, 1.807) is 0 Å². The summed E-state index contributed by atoms with van der Waals surface area (Å²) in [5.41, 5.74) is 4.79. The van der Waals surface area contributed by atoms with Crippen LogP contribution in [0.25, 0.3) is 10.9 Å². The van der Waals surface area contributed by atoms with E-state index in [9.17, 15) is 0 Å². The molecule has 0 spiro atoms. The van der Waals surface area contributed by atoms with Crippen molar-refractivity contribution in [3.8, 4) is 0 Å². The zero-order chi connectivity index (χ0) is 12.4. The van der Waals surface area contributed by atoms with Gasteiger partial charge in [0.05, 0.1) is 0 Å². The van der Waals surface area contributed by atoms with E-state index in [1.807, 2.05) is 6.20 Å². The smallest absolute Gasteiger partial charge is 0.0479 e. The maximum absolute atomic E-state index is 3.49. The molecule has 0 saturated carbocycles. The normalized spacial score (nSPS) is 10.7. The number of aromatic amines is 1. The van der Waals surface area contributed by atoms with Crippen LogP contribution in [-0.4, -0.2) is 4.98 Å². The fourth-order valence-electron chi connectivity index (χ4n) is 2.22. The van der Waals surface area contributed by atoms with Crippen LogP contribution in [0, 0.1) is 0 Å². The lowest BCUT2D eigenvalue weighted by Gasteiger charge is -2.09. The van der Waals surface area contributed by atoms with Crippen molar-refractivity contribution >= 4 is 22.3 Å². The molecule has 0 bridgehead atoms. The van der Waals surface area contributed by atoms with Gasteiger partial charge >= 0.3 is 0 Å². The summed E-state index contributed by atoms with van der Waals surface area (Å²) < 4.78 is 0. The SMILES string of the molecule is CCc1cccc(Nc2cccc3[nH]ccc23)c1. The Morgan fingerprint density at radius 1 is 1.06 bits per heavy atom. The predicted molar refractivity (Wildman–Crippen MR) is 77.4 cm³/mol. The molecule has 1 aromatic heterocycles. The zero-order valence-corrected chi connectivity index (χ0v) is 10.4. The molecule has 0 aliphatic rings. The van der Waals surface area contributed by atoms with Gasteiger partial charge in [-0.3, -0.25) is 0 Å². The second-order valence-electron chi connectivity index (χ2n) is 4.42. The summed E-state index contributed by atoms with van der Waals surface area (Å²) in [6.45, 7) is 2.17. The van der Waals surface area contributed by atoms with Gasteiger partial charge in [-0.15, -0.1) is 0 Å². The summed E-state index contributed by atoms with van der Waals surface area (Å²) >= 11 is 0. The predicted octanol–water partition coefficient (Wildman–Crippen LogP) is 4.47. The van der Waals surface area contributed by atoms with Crippen molar-refractivity contribution in [3.05, 3.63) is 60.3 Å². The van der Waals surface area contributed by atoms with Crippen LogP contribution in [0.5, 0.6) is 0 Å². The molecular weight excluding hydrogens is 220 g/mol. The van der Waals surface area contributed by atoms with E-state index < -0.39 is 0 Å². The third kappa shape index (κ3) is 1.97. The van der Waals surface area contributed by atoms with Gasteiger partial charge in [0.2, 0.25) is 0 Å². The molecule has 0 atom stereocenters. The first-order valence-corrected chi connectivity index (χ1v) is 6.29. The lowest BCUT2D eigenvalue weighted by Crippen LogP contribution is -1.91. The molecule has 1 heterocycles. The number of nitrogens with one attached hydrogen (secondary N) is 2. The van der Waals surface area contributed by atoms with Gasteiger partial charge in [0.15, 0.2) is 0 Å². The Morgan fingerprint density at radius 3 is 2.83 bits per heavy atom. The number of anilines is 2. The summed E-state index contributed by atoms with van der Waals surface area (Å²) in [4.78, 5) is 3.23. The van der Waals surface area contributed by atoms with Gasteiger partial charge in [0.25, 0.3) is 0 Å². The van der Waals surface area contributed by atoms with Crippen LogP contribution >= 0.6 is 0 Å². The fourth-order valence-corrected chi connectivity index (χ4v) is 2.22. The summed E-state index contributed by atoms with van der Waals surface area (Å²) in [7, 11) is 0. The third-order valence-electron chi connectivity index (χ3n) is 3.21. The van der Waals surface area contributed by atoms with Crippen molar-refractivity contribution in [3.63, 3.8) is 0 Å². The van der Waals surface area contributed by atoms with Gasteiger partial charge < -0.3 is 10.3 Å². The third-order valence-corrected chi connectivity index (χ3v) is 3.21. The van der Waals surface area contributed by atoms with Crippen molar-refractivity contribution in [1.29, 1.82) is 0 Å². The number of aromatic nitrogens is 1. The van der Waals surface area contributed by atoms with Gasteiger partial charge in [-0.1, -0.05) is 25.1 Å². The minimum Gasteiger partial charge on any atom is -0.361 e. The molecule has 90 valence electrons. The van der Waals surface area contributed by atoms with Crippen LogP contribution in [0.2, 0.25) is 0 Å². The van der Waals surface area contributed by atoms with Crippen LogP contribution in [0.4, 0.5) is 11.4 Å². The van der Waals surface area contributed by atoms with E-state index in [4.69, 9.17) is 0 Å². The molecule has 0 unspecified atom stereocenters. The molecule has 2 aromatic carbocycles. The van der Waals surface area contributed by atoms with Crippen LogP contribution < -0.4 is 5.32 Å². The highest BCUT2D eigenvalue weighted by molar-refractivity contribution is 5.93. The molecular formula is C16H16N2. The lowest BCUT2D eigenvalue weighted by atomic mass is 10.1. The van der Waals surface area contributed by atoms with Crippen molar-refractivity contribution in [2.75, 3.05) is 5.32 Å². The minimum atomic E-state index is 1.06. The average Bonchev–Trinajstić information content (AvgIpc) is 2.88. The fraction of sp³-hybridized carbons (Fsp3) is 0.125. The van der Waals surface area contributed by atoms with Crippen molar-refractivity contribution in [2.45, 2.75) is 13.3 Å². The van der Waals surface area contributed by atoms with E-state index in [0.717, 1.165) is 23.3 Å². The number of fused-ring (bicyclic) bond motifs is 1. The second-order valence-corrected chi connectivity index (χ2v) is 4.42. The van der Waals surface area contributed by atoms with Crippen LogP contribution in [-0.2, 0) is 6.42 Å². The van der Waals surface area contributed by atoms with E-state index in [0.29, 0.717) is 0 Å². The molecule has 0 aliphatic carbocycles. The molecule has 0 aliphatic heterocycles. The van der Waals surface area contributed by atoms with E-state index in [2.05, 4.69) is 65.8 Å². The number of rotatable bonds is 3. The average molecular weight is 236 g/mol. The van der Waals surface area contributed by atoms with E-state index in [1.165, 1.54) is 10.9 Å². The summed E-state index contributed by atoms with van der Waals surface area (Å²) in [6, 6.07) is 16.9. The van der Waals surface area contributed by atoms with Crippen molar-refractivity contribution in [1.82, 2.24) is 4.98 Å². The molecule has 0 amide bonds. The quantitative estimate of drug-likeness (QED) is 0.689. The Hall–Kier alpha value is -2.22. The minimum absolute atomic E-state index is 1.06. The van der Waals surface area contributed by atoms with Gasteiger partial charge in [0.1, 0.15) is 0 Å². The second kappa shape index (κ2) is 4.57. The molecule has 2 heteroatoms. The molecule has 18 heavy (non-hydrogen) atoms. The molecule has 0 fully saturated rings. The molecule has 2 N–H and O–H groups in total. The Morgan fingerprint density at radius 2 is 1.94 bits per heavy atom. The topological polar surface area (TPSA) is 27.8 Å². The zero-order valence-electron chi connectivity index (χ0n) is 10.4. The van der Waals surface area contributed by atoms with E-state index >= 15 is 0 Å². The molecule has 0 radical (unpaired) electrons. The van der Waals surface area contributed by atoms with Crippen molar-refractivity contribution < 1.29 is 0 Å². The Kier molecular flexibility index (Phi) is 2.77. The maximum atomic E-state index is 3.49. The summed E-state index contributed by atoms with van der Waals surface area (Å²) in [5, 5.41) is 4.71. The Balaban J connectivity index is 1.98. The first-order chi connectivity index (χ1) is 8.86. The summed E-state index contributed by atoms with van der Waals surface area (Å²) in [6.07, 6.45) is 3.03. The van der Waals surface area contributed by atoms with Crippen LogP contribution in [0.3, 0.4) is 0 Å². The van der Waals surface area contributed by atoms with Gasteiger partial charge in [0, 0.05) is 28.5 Å². The number of hydrogen-bond acceptors (Lipinski definition) is 1. The first-order valence-electron chi connectivity index (χ1n) is 6.29. The highest BCUT2D eigenvalue weighted by atomic mass is 14.9. The molecule has 3 aromatic rings. The lowest BCUT2D eigenvalue weighted by molar-refractivity contribution is 1.14. The first kappa shape index (κ1) is 10.9. The molecule has 0 saturated heterocycles. The largest absolute Gasteiger partial charge is 0.361 e. The highest BCUT2D eigenvalue weighted by Gasteiger charge is 2.02. The number of benzene rings is 2. The van der Waals surface area contributed by atoms with Gasteiger partial charge in [-0.25, -0.2) is 0 Å². The van der Waals surface area contributed by atoms with E-state index in [-0.39, 0.29) is 0 Å². The molecule has 2 nitrogen and oxygen atoms in total. The monoisotopic (exact) mass is 236 g/mol.